The van der Waals surface area contributed by atoms with Gasteiger partial charge in [0.15, 0.2) is 0 Å². The summed E-state index contributed by atoms with van der Waals surface area (Å²) in [7, 11) is 0. The van der Waals surface area contributed by atoms with Gasteiger partial charge in [-0.1, -0.05) is 6.08 Å². The number of carbonyl (C=O) groups is 1. The van der Waals surface area contributed by atoms with Crippen molar-refractivity contribution in [2.45, 2.75) is 31.7 Å². The lowest BCUT2D eigenvalue weighted by Gasteiger charge is -2.17. The van der Waals surface area contributed by atoms with E-state index >= 15 is 0 Å². The largest absolute Gasteiger partial charge is 0.326 e. The van der Waals surface area contributed by atoms with Crippen LogP contribution in [0.25, 0.3) is 0 Å². The molecule has 13 heavy (non-hydrogen) atoms. The zero-order valence-electron chi connectivity index (χ0n) is 7.55. The minimum absolute atomic E-state index is 0.130. The van der Waals surface area contributed by atoms with Crippen molar-refractivity contribution in [1.29, 1.82) is 0 Å². The Morgan fingerprint density at radius 2 is 2.31 bits per heavy atom. The molecule has 0 saturated carbocycles. The van der Waals surface area contributed by atoms with E-state index in [0.717, 1.165) is 25.0 Å². The Balaban J connectivity index is 2.22. The summed E-state index contributed by atoms with van der Waals surface area (Å²) < 4.78 is 0. The van der Waals surface area contributed by atoms with Crippen LogP contribution in [0.4, 0.5) is 0 Å². The number of carbonyl (C=O) groups excluding carboxylic acids is 1. The molecule has 70 valence electrons. The van der Waals surface area contributed by atoms with E-state index in [1.54, 1.807) is 0 Å². The van der Waals surface area contributed by atoms with Crippen molar-refractivity contribution in [3.8, 4) is 0 Å². The van der Waals surface area contributed by atoms with Crippen molar-refractivity contribution in [3.63, 3.8) is 0 Å². The number of rotatable bonds is 0. The Hall–Kier alpha value is -1.09. The lowest BCUT2D eigenvalue weighted by molar-refractivity contribution is -0.120. The number of hydrogen-bond acceptors (Lipinski definition) is 2. The molecule has 0 spiro atoms. The van der Waals surface area contributed by atoms with Gasteiger partial charge in [-0.2, -0.15) is 0 Å². The first-order valence-corrected chi connectivity index (χ1v) is 4.71. The normalized spacial score (nSPS) is 28.1. The Morgan fingerprint density at radius 3 is 3.15 bits per heavy atom. The van der Waals surface area contributed by atoms with E-state index in [1.165, 1.54) is 5.57 Å². The van der Waals surface area contributed by atoms with E-state index in [-0.39, 0.29) is 11.9 Å². The zero-order chi connectivity index (χ0) is 9.26. The van der Waals surface area contributed by atoms with E-state index in [9.17, 15) is 4.79 Å². The first kappa shape index (κ1) is 8.51. The molecule has 0 bridgehead atoms. The molecule has 0 fully saturated rings. The fourth-order valence-corrected chi connectivity index (χ4v) is 1.84. The van der Waals surface area contributed by atoms with Crippen molar-refractivity contribution in [2.24, 2.45) is 5.73 Å². The molecule has 0 saturated heterocycles. The van der Waals surface area contributed by atoms with E-state index in [4.69, 9.17) is 5.73 Å². The van der Waals surface area contributed by atoms with E-state index in [2.05, 4.69) is 5.32 Å². The average Bonchev–Trinajstić information content (AvgIpc) is 2.25. The Morgan fingerprint density at radius 1 is 1.46 bits per heavy atom. The van der Waals surface area contributed by atoms with Gasteiger partial charge in [-0.3, -0.25) is 4.79 Å². The highest BCUT2D eigenvalue weighted by Crippen LogP contribution is 2.24. The molecule has 3 nitrogen and oxygen atoms in total. The van der Waals surface area contributed by atoms with E-state index in [1.807, 2.05) is 12.2 Å². The summed E-state index contributed by atoms with van der Waals surface area (Å²) in [6.45, 7) is 0. The van der Waals surface area contributed by atoms with Gasteiger partial charge in [0.2, 0.25) is 5.91 Å². The molecule has 1 heterocycles. The van der Waals surface area contributed by atoms with Gasteiger partial charge in [0, 0.05) is 18.2 Å². The molecule has 3 heteroatoms. The minimum atomic E-state index is 0.130. The second-order valence-corrected chi connectivity index (χ2v) is 3.65. The lowest BCUT2D eigenvalue weighted by Crippen LogP contribution is -2.26. The summed E-state index contributed by atoms with van der Waals surface area (Å²) in [6.07, 6.45) is 7.37. The minimum Gasteiger partial charge on any atom is -0.326 e. The predicted octanol–water partition coefficient (Wildman–Crippen LogP) is 0.828. The predicted molar refractivity (Wildman–Crippen MR) is 50.8 cm³/mol. The van der Waals surface area contributed by atoms with Crippen LogP contribution in [0.15, 0.2) is 23.4 Å². The molecule has 1 amide bonds. The van der Waals surface area contributed by atoms with Gasteiger partial charge in [0.25, 0.3) is 0 Å². The highest BCUT2D eigenvalue weighted by atomic mass is 16.1. The molecule has 1 aliphatic heterocycles. The lowest BCUT2D eigenvalue weighted by atomic mass is 9.95. The standard InChI is InChI=1S/C10H14N2O/c11-8-4-5-9-7(6-8)2-1-3-10(13)12-9/h4-5,8H,1-3,6,11H2,(H,12,13). The molecule has 0 aromatic rings. The molecule has 1 atom stereocenters. The average molecular weight is 178 g/mol. The molecule has 0 aromatic heterocycles. The summed E-state index contributed by atoms with van der Waals surface area (Å²) in [5.41, 5.74) is 8.09. The summed E-state index contributed by atoms with van der Waals surface area (Å²) in [5.74, 6) is 0.130. The van der Waals surface area contributed by atoms with Crippen molar-refractivity contribution < 1.29 is 4.79 Å². The third-order valence-corrected chi connectivity index (χ3v) is 2.53. The molecule has 0 radical (unpaired) electrons. The number of amides is 1. The van der Waals surface area contributed by atoms with Crippen LogP contribution in [-0.2, 0) is 4.79 Å². The van der Waals surface area contributed by atoms with Crippen molar-refractivity contribution in [3.05, 3.63) is 23.4 Å². The van der Waals surface area contributed by atoms with Gasteiger partial charge < -0.3 is 11.1 Å². The molecule has 2 rings (SSSR count). The summed E-state index contributed by atoms with van der Waals surface area (Å²) in [5, 5.41) is 2.90. The Bertz CT molecular complexity index is 291. The summed E-state index contributed by atoms with van der Waals surface area (Å²) in [4.78, 5) is 11.2. The van der Waals surface area contributed by atoms with Crippen molar-refractivity contribution in [1.82, 2.24) is 5.32 Å². The molecule has 1 aliphatic carbocycles. The zero-order valence-corrected chi connectivity index (χ0v) is 7.55. The maximum atomic E-state index is 11.2. The topological polar surface area (TPSA) is 55.1 Å². The van der Waals surface area contributed by atoms with Crippen LogP contribution in [0.3, 0.4) is 0 Å². The highest BCUT2D eigenvalue weighted by molar-refractivity contribution is 5.79. The number of nitrogens with two attached hydrogens (primary N) is 1. The number of allylic oxidation sites excluding steroid dienone is 1. The Labute approximate surface area is 77.7 Å². The quantitative estimate of drug-likeness (QED) is 0.577. The molecule has 1 unspecified atom stereocenters. The molecular weight excluding hydrogens is 164 g/mol. The smallest absolute Gasteiger partial charge is 0.224 e. The molecule has 0 aromatic carbocycles. The Kier molecular flexibility index (Phi) is 2.19. The van der Waals surface area contributed by atoms with Gasteiger partial charge in [-0.05, 0) is 30.9 Å². The van der Waals surface area contributed by atoms with Crippen LogP contribution in [0.2, 0.25) is 0 Å². The first-order chi connectivity index (χ1) is 6.25. The van der Waals surface area contributed by atoms with E-state index < -0.39 is 0 Å². The number of nitrogens with one attached hydrogen (secondary N) is 1. The van der Waals surface area contributed by atoms with Gasteiger partial charge >= 0.3 is 0 Å². The van der Waals surface area contributed by atoms with Crippen LogP contribution in [-0.4, -0.2) is 11.9 Å². The van der Waals surface area contributed by atoms with Crippen LogP contribution in [0.5, 0.6) is 0 Å². The van der Waals surface area contributed by atoms with Gasteiger partial charge in [0.1, 0.15) is 0 Å². The SMILES string of the molecule is NC1C=CC2=C(CCCC(=O)N2)C1. The fourth-order valence-electron chi connectivity index (χ4n) is 1.84. The van der Waals surface area contributed by atoms with Gasteiger partial charge in [-0.15, -0.1) is 0 Å². The van der Waals surface area contributed by atoms with E-state index in [0.29, 0.717) is 6.42 Å². The van der Waals surface area contributed by atoms with Gasteiger partial charge in [0.05, 0.1) is 0 Å². The summed E-state index contributed by atoms with van der Waals surface area (Å²) in [6, 6.07) is 0.133. The molecule has 2 aliphatic rings. The second-order valence-electron chi connectivity index (χ2n) is 3.65. The monoisotopic (exact) mass is 178 g/mol. The van der Waals surface area contributed by atoms with Crippen molar-refractivity contribution >= 4 is 5.91 Å². The van der Waals surface area contributed by atoms with Crippen LogP contribution >= 0.6 is 0 Å². The maximum absolute atomic E-state index is 11.2. The third-order valence-electron chi connectivity index (χ3n) is 2.53. The van der Waals surface area contributed by atoms with Crippen LogP contribution in [0.1, 0.15) is 25.7 Å². The second kappa shape index (κ2) is 3.34. The van der Waals surface area contributed by atoms with Crippen LogP contribution in [0, 0.1) is 0 Å². The van der Waals surface area contributed by atoms with Crippen LogP contribution < -0.4 is 11.1 Å². The molecule has 3 N–H and O–H groups in total. The summed E-state index contributed by atoms with van der Waals surface area (Å²) >= 11 is 0. The highest BCUT2D eigenvalue weighted by Gasteiger charge is 2.18. The maximum Gasteiger partial charge on any atom is 0.224 e. The molecular formula is C10H14N2O. The third kappa shape index (κ3) is 1.80. The first-order valence-electron chi connectivity index (χ1n) is 4.71. The van der Waals surface area contributed by atoms with Gasteiger partial charge in [-0.25, -0.2) is 0 Å². The number of hydrogen-bond donors (Lipinski definition) is 2. The fraction of sp³-hybridized carbons (Fsp3) is 0.500. The van der Waals surface area contributed by atoms with Crippen molar-refractivity contribution in [2.75, 3.05) is 0 Å².